The monoisotopic (exact) mass is 235 g/mol. The van der Waals surface area contributed by atoms with Gasteiger partial charge in [0.05, 0.1) is 0 Å². The van der Waals surface area contributed by atoms with E-state index in [1.54, 1.807) is 0 Å². The highest BCUT2D eigenvalue weighted by molar-refractivity contribution is 5.33. The maximum atomic E-state index is 9.05. The van der Waals surface area contributed by atoms with E-state index in [9.17, 15) is 0 Å². The summed E-state index contributed by atoms with van der Waals surface area (Å²) in [5.41, 5.74) is 4.06. The Kier molecular flexibility index (Phi) is 5.66. The molecule has 2 nitrogen and oxygen atoms in total. The smallest absolute Gasteiger partial charge is 0.0445 e. The Morgan fingerprint density at radius 3 is 2.24 bits per heavy atom. The van der Waals surface area contributed by atoms with Crippen molar-refractivity contribution in [2.45, 2.75) is 46.7 Å². The minimum Gasteiger partial charge on any atom is -0.396 e. The predicted octanol–water partition coefficient (Wildman–Crippen LogP) is 2.80. The van der Waals surface area contributed by atoms with Crippen molar-refractivity contribution in [2.75, 3.05) is 6.61 Å². The quantitative estimate of drug-likeness (QED) is 0.794. The number of aliphatic hydroxyl groups is 1. The van der Waals surface area contributed by atoms with Gasteiger partial charge in [0, 0.05) is 19.2 Å². The highest BCUT2D eigenvalue weighted by Gasteiger charge is 2.12. The average Bonchev–Trinajstić information content (AvgIpc) is 2.26. The fraction of sp³-hybridized carbons (Fsp3) is 0.600. The van der Waals surface area contributed by atoms with E-state index in [0.717, 1.165) is 13.0 Å². The molecule has 0 fully saturated rings. The number of aryl methyl sites for hydroxylation is 2. The van der Waals surface area contributed by atoms with Crippen LogP contribution in [0.2, 0.25) is 0 Å². The summed E-state index contributed by atoms with van der Waals surface area (Å²) in [6.45, 7) is 9.83. The van der Waals surface area contributed by atoms with Crippen molar-refractivity contribution in [3.63, 3.8) is 0 Å². The molecule has 0 saturated carbocycles. The minimum atomic E-state index is 0.253. The lowest BCUT2D eigenvalue weighted by Gasteiger charge is -2.22. The van der Waals surface area contributed by atoms with Gasteiger partial charge in [0.1, 0.15) is 0 Å². The fourth-order valence-electron chi connectivity index (χ4n) is 2.17. The molecule has 0 bridgehead atoms. The molecule has 1 rings (SSSR count). The lowest BCUT2D eigenvalue weighted by molar-refractivity contribution is 0.243. The highest BCUT2D eigenvalue weighted by Crippen LogP contribution is 2.14. The van der Waals surface area contributed by atoms with Crippen LogP contribution in [0.15, 0.2) is 18.2 Å². The number of hydrogen-bond acceptors (Lipinski definition) is 2. The summed E-state index contributed by atoms with van der Waals surface area (Å²) in [6, 6.07) is 6.79. The molecule has 0 radical (unpaired) electrons. The third kappa shape index (κ3) is 4.14. The van der Waals surface area contributed by atoms with E-state index in [1.807, 2.05) is 0 Å². The summed E-state index contributed by atoms with van der Waals surface area (Å²) in [5.74, 6) is 0.548. The van der Waals surface area contributed by atoms with Gasteiger partial charge in [-0.25, -0.2) is 0 Å². The molecule has 1 aromatic rings. The molecule has 0 aliphatic heterocycles. The summed E-state index contributed by atoms with van der Waals surface area (Å²) in [4.78, 5) is 0. The Hall–Kier alpha value is -0.860. The SMILES string of the molecule is Cc1cccc(C)c1CNC(CCO)C(C)C. The van der Waals surface area contributed by atoms with Crippen LogP contribution in [0.1, 0.15) is 37.0 Å². The van der Waals surface area contributed by atoms with E-state index in [0.29, 0.717) is 12.0 Å². The number of rotatable bonds is 6. The highest BCUT2D eigenvalue weighted by atomic mass is 16.3. The molecule has 0 aromatic heterocycles. The zero-order valence-corrected chi connectivity index (χ0v) is 11.5. The summed E-state index contributed by atoms with van der Waals surface area (Å²) < 4.78 is 0. The van der Waals surface area contributed by atoms with E-state index in [1.165, 1.54) is 16.7 Å². The second kappa shape index (κ2) is 6.77. The van der Waals surface area contributed by atoms with Crippen molar-refractivity contribution < 1.29 is 5.11 Å². The molecule has 2 heteroatoms. The number of nitrogens with one attached hydrogen (secondary N) is 1. The molecule has 0 aliphatic carbocycles. The summed E-state index contributed by atoms with van der Waals surface area (Å²) in [7, 11) is 0. The lowest BCUT2D eigenvalue weighted by Crippen LogP contribution is -2.34. The predicted molar refractivity (Wildman–Crippen MR) is 73.1 cm³/mol. The van der Waals surface area contributed by atoms with Gasteiger partial charge in [0.15, 0.2) is 0 Å². The van der Waals surface area contributed by atoms with E-state index in [-0.39, 0.29) is 6.61 Å². The number of aliphatic hydroxyl groups excluding tert-OH is 1. The van der Waals surface area contributed by atoms with Gasteiger partial charge in [-0.3, -0.25) is 0 Å². The molecule has 2 N–H and O–H groups in total. The molecular formula is C15H25NO. The number of hydrogen-bond donors (Lipinski definition) is 2. The van der Waals surface area contributed by atoms with Crippen LogP contribution >= 0.6 is 0 Å². The van der Waals surface area contributed by atoms with Crippen molar-refractivity contribution in [2.24, 2.45) is 5.92 Å². The van der Waals surface area contributed by atoms with Crippen molar-refractivity contribution in [1.29, 1.82) is 0 Å². The molecule has 1 unspecified atom stereocenters. The zero-order valence-electron chi connectivity index (χ0n) is 11.5. The van der Waals surface area contributed by atoms with Crippen LogP contribution in [-0.2, 0) is 6.54 Å². The summed E-state index contributed by atoms with van der Waals surface area (Å²) >= 11 is 0. The summed E-state index contributed by atoms with van der Waals surface area (Å²) in [6.07, 6.45) is 0.822. The maximum absolute atomic E-state index is 9.05. The molecule has 1 aromatic carbocycles. The third-order valence-electron chi connectivity index (χ3n) is 3.43. The van der Waals surface area contributed by atoms with Gasteiger partial charge in [0.25, 0.3) is 0 Å². The van der Waals surface area contributed by atoms with Gasteiger partial charge in [0.2, 0.25) is 0 Å². The van der Waals surface area contributed by atoms with E-state index < -0.39 is 0 Å². The van der Waals surface area contributed by atoms with Crippen molar-refractivity contribution in [3.05, 3.63) is 34.9 Å². The first kappa shape index (κ1) is 14.2. The second-order valence-corrected chi connectivity index (χ2v) is 5.11. The molecule has 17 heavy (non-hydrogen) atoms. The van der Waals surface area contributed by atoms with Crippen LogP contribution in [0.25, 0.3) is 0 Å². The van der Waals surface area contributed by atoms with Crippen LogP contribution in [0.3, 0.4) is 0 Å². The van der Waals surface area contributed by atoms with Crippen molar-refractivity contribution >= 4 is 0 Å². The largest absolute Gasteiger partial charge is 0.396 e. The van der Waals surface area contributed by atoms with Gasteiger partial charge in [-0.2, -0.15) is 0 Å². The van der Waals surface area contributed by atoms with Gasteiger partial charge < -0.3 is 10.4 Å². The van der Waals surface area contributed by atoms with E-state index >= 15 is 0 Å². The van der Waals surface area contributed by atoms with Gasteiger partial charge in [-0.05, 0) is 42.9 Å². The zero-order chi connectivity index (χ0) is 12.8. The molecule has 0 saturated heterocycles. The molecule has 0 amide bonds. The van der Waals surface area contributed by atoms with Crippen LogP contribution in [0, 0.1) is 19.8 Å². The number of benzene rings is 1. The Bertz CT molecular complexity index is 327. The molecule has 1 atom stereocenters. The van der Waals surface area contributed by atoms with E-state index in [4.69, 9.17) is 5.11 Å². The molecule has 96 valence electrons. The standard InChI is InChI=1S/C15H25NO/c1-11(2)15(8-9-17)16-10-14-12(3)6-5-7-13(14)4/h5-7,11,15-17H,8-10H2,1-4H3. The first-order valence-electron chi connectivity index (χ1n) is 6.45. The topological polar surface area (TPSA) is 32.3 Å². The lowest BCUT2D eigenvalue weighted by atomic mass is 9.99. The van der Waals surface area contributed by atoms with Crippen LogP contribution in [0.5, 0.6) is 0 Å². The van der Waals surface area contributed by atoms with Crippen molar-refractivity contribution in [3.8, 4) is 0 Å². The van der Waals surface area contributed by atoms with Gasteiger partial charge in [-0.1, -0.05) is 32.0 Å². The molecule has 0 spiro atoms. The first-order chi connectivity index (χ1) is 8.06. The third-order valence-corrected chi connectivity index (χ3v) is 3.43. The van der Waals surface area contributed by atoms with Crippen LogP contribution in [-0.4, -0.2) is 17.8 Å². The second-order valence-electron chi connectivity index (χ2n) is 5.11. The average molecular weight is 235 g/mol. The minimum absolute atomic E-state index is 0.253. The Morgan fingerprint density at radius 1 is 1.18 bits per heavy atom. The Labute approximate surface area is 105 Å². The summed E-state index contributed by atoms with van der Waals surface area (Å²) in [5, 5.41) is 12.6. The van der Waals surface area contributed by atoms with Gasteiger partial charge in [-0.15, -0.1) is 0 Å². The van der Waals surface area contributed by atoms with Crippen molar-refractivity contribution in [1.82, 2.24) is 5.32 Å². The normalized spacial score (nSPS) is 13.1. The Balaban J connectivity index is 2.65. The maximum Gasteiger partial charge on any atom is 0.0445 e. The first-order valence-corrected chi connectivity index (χ1v) is 6.45. The molecule has 0 heterocycles. The van der Waals surface area contributed by atoms with Gasteiger partial charge >= 0.3 is 0 Å². The van der Waals surface area contributed by atoms with E-state index in [2.05, 4.69) is 51.2 Å². The van der Waals surface area contributed by atoms with Crippen LogP contribution < -0.4 is 5.32 Å². The molecular weight excluding hydrogens is 210 g/mol. The molecule has 0 aliphatic rings. The Morgan fingerprint density at radius 2 is 1.76 bits per heavy atom. The van der Waals surface area contributed by atoms with Crippen LogP contribution in [0.4, 0.5) is 0 Å². The fourth-order valence-corrected chi connectivity index (χ4v) is 2.17.